The number of rotatable bonds is 4. The molecule has 1 aliphatic heterocycles. The summed E-state index contributed by atoms with van der Waals surface area (Å²) >= 11 is 0. The van der Waals surface area contributed by atoms with Crippen molar-refractivity contribution in [2.75, 3.05) is 16.8 Å². The Bertz CT molecular complexity index is 1050. The molecule has 0 spiro atoms. The molecule has 1 fully saturated rings. The Hall–Kier alpha value is -3.41. The van der Waals surface area contributed by atoms with Crippen molar-refractivity contribution in [1.29, 1.82) is 0 Å². The standard InChI is InChI=1S/C23H24N4O2/c1-15-9-11-19(12-10-15)26-14-18(13-21(26)28)23(29)24-22-16(2)25-27(17(22)3)20-7-5-4-6-8-20/h4-12,18H,13-14H2,1-3H3,(H,24,29). The Balaban J connectivity index is 1.51. The van der Waals surface area contributed by atoms with E-state index >= 15 is 0 Å². The van der Waals surface area contributed by atoms with Crippen molar-refractivity contribution in [3.8, 4) is 5.69 Å². The summed E-state index contributed by atoms with van der Waals surface area (Å²) in [6.45, 7) is 6.20. The minimum absolute atomic E-state index is 0.0255. The van der Waals surface area contributed by atoms with Gasteiger partial charge in [-0.05, 0) is 45.0 Å². The number of hydrogen-bond donors (Lipinski definition) is 1. The molecule has 0 bridgehead atoms. The lowest BCUT2D eigenvalue weighted by Crippen LogP contribution is -2.28. The van der Waals surface area contributed by atoms with E-state index in [9.17, 15) is 9.59 Å². The van der Waals surface area contributed by atoms with Gasteiger partial charge in [0.15, 0.2) is 0 Å². The lowest BCUT2D eigenvalue weighted by atomic mass is 10.1. The van der Waals surface area contributed by atoms with E-state index in [1.807, 2.05) is 80.1 Å². The molecule has 2 amide bonds. The van der Waals surface area contributed by atoms with Gasteiger partial charge in [0, 0.05) is 18.7 Å². The van der Waals surface area contributed by atoms with Crippen LogP contribution in [-0.2, 0) is 9.59 Å². The molecule has 3 aromatic rings. The summed E-state index contributed by atoms with van der Waals surface area (Å²) in [6, 6.07) is 17.6. The monoisotopic (exact) mass is 388 g/mol. The Morgan fingerprint density at radius 3 is 2.38 bits per heavy atom. The van der Waals surface area contributed by atoms with E-state index in [4.69, 9.17) is 0 Å². The summed E-state index contributed by atoms with van der Waals surface area (Å²) in [4.78, 5) is 27.1. The van der Waals surface area contributed by atoms with E-state index < -0.39 is 0 Å². The first-order valence-electron chi connectivity index (χ1n) is 9.73. The summed E-state index contributed by atoms with van der Waals surface area (Å²) in [5.74, 6) is -0.558. The molecule has 0 aliphatic carbocycles. The predicted molar refractivity (Wildman–Crippen MR) is 113 cm³/mol. The average molecular weight is 388 g/mol. The molecule has 29 heavy (non-hydrogen) atoms. The van der Waals surface area contributed by atoms with Gasteiger partial charge in [-0.2, -0.15) is 5.10 Å². The van der Waals surface area contributed by atoms with E-state index in [2.05, 4.69) is 10.4 Å². The highest BCUT2D eigenvalue weighted by molar-refractivity contribution is 6.03. The minimum Gasteiger partial charge on any atom is -0.323 e. The van der Waals surface area contributed by atoms with Crippen molar-refractivity contribution < 1.29 is 9.59 Å². The smallest absolute Gasteiger partial charge is 0.229 e. The molecule has 1 atom stereocenters. The fourth-order valence-corrected chi connectivity index (χ4v) is 3.73. The van der Waals surface area contributed by atoms with E-state index in [1.54, 1.807) is 4.90 Å². The zero-order valence-corrected chi connectivity index (χ0v) is 16.8. The topological polar surface area (TPSA) is 67.2 Å². The van der Waals surface area contributed by atoms with Crippen molar-refractivity contribution in [3.05, 3.63) is 71.5 Å². The van der Waals surface area contributed by atoms with E-state index in [1.165, 1.54) is 0 Å². The Kier molecular flexibility index (Phi) is 4.92. The van der Waals surface area contributed by atoms with Crippen LogP contribution in [0.1, 0.15) is 23.4 Å². The number of benzene rings is 2. The van der Waals surface area contributed by atoms with Gasteiger partial charge in [-0.3, -0.25) is 9.59 Å². The van der Waals surface area contributed by atoms with Gasteiger partial charge in [-0.1, -0.05) is 35.9 Å². The highest BCUT2D eigenvalue weighted by atomic mass is 16.2. The fraction of sp³-hybridized carbons (Fsp3) is 0.261. The molecule has 6 heteroatoms. The van der Waals surface area contributed by atoms with Crippen LogP contribution in [0.5, 0.6) is 0 Å². The summed E-state index contributed by atoms with van der Waals surface area (Å²) in [5, 5.41) is 7.58. The quantitative estimate of drug-likeness (QED) is 0.739. The zero-order chi connectivity index (χ0) is 20.5. The molecule has 2 aromatic carbocycles. The van der Waals surface area contributed by atoms with E-state index in [0.717, 1.165) is 28.3 Å². The first-order chi connectivity index (χ1) is 13.9. The number of anilines is 2. The molecule has 1 unspecified atom stereocenters. The van der Waals surface area contributed by atoms with Crippen LogP contribution < -0.4 is 10.2 Å². The molecule has 0 saturated carbocycles. The van der Waals surface area contributed by atoms with Gasteiger partial charge in [-0.15, -0.1) is 0 Å². The highest BCUT2D eigenvalue weighted by Gasteiger charge is 2.35. The van der Waals surface area contributed by atoms with Crippen molar-refractivity contribution in [3.63, 3.8) is 0 Å². The van der Waals surface area contributed by atoms with E-state index in [0.29, 0.717) is 12.2 Å². The molecule has 0 radical (unpaired) electrons. The Morgan fingerprint density at radius 2 is 1.69 bits per heavy atom. The third-order valence-electron chi connectivity index (χ3n) is 5.38. The molecule has 4 rings (SSSR count). The molecule has 1 N–H and O–H groups in total. The number of nitrogens with zero attached hydrogens (tertiary/aromatic N) is 3. The normalized spacial score (nSPS) is 16.3. The van der Waals surface area contributed by atoms with Crippen molar-refractivity contribution in [2.24, 2.45) is 5.92 Å². The van der Waals surface area contributed by atoms with Crippen LogP contribution in [0.4, 0.5) is 11.4 Å². The van der Waals surface area contributed by atoms with Crippen LogP contribution in [0.3, 0.4) is 0 Å². The number of aryl methyl sites for hydroxylation is 2. The number of carbonyl (C=O) groups excluding carboxylic acids is 2. The Morgan fingerprint density at radius 1 is 1.00 bits per heavy atom. The maximum absolute atomic E-state index is 12.9. The van der Waals surface area contributed by atoms with Crippen LogP contribution in [0, 0.1) is 26.7 Å². The molecule has 2 heterocycles. The number of para-hydroxylation sites is 1. The van der Waals surface area contributed by atoms with E-state index in [-0.39, 0.29) is 24.2 Å². The molecule has 6 nitrogen and oxygen atoms in total. The van der Waals surface area contributed by atoms with Crippen LogP contribution in [0.15, 0.2) is 54.6 Å². The number of amides is 2. The lowest BCUT2D eigenvalue weighted by Gasteiger charge is -2.17. The van der Waals surface area contributed by atoms with Crippen molar-refractivity contribution in [2.45, 2.75) is 27.2 Å². The number of carbonyl (C=O) groups is 2. The molecule has 1 saturated heterocycles. The van der Waals surface area contributed by atoms with Crippen LogP contribution in [0.25, 0.3) is 5.69 Å². The van der Waals surface area contributed by atoms with Crippen LogP contribution >= 0.6 is 0 Å². The van der Waals surface area contributed by atoms with Gasteiger partial charge in [0.2, 0.25) is 11.8 Å². The maximum Gasteiger partial charge on any atom is 0.229 e. The zero-order valence-electron chi connectivity index (χ0n) is 16.8. The number of nitrogens with one attached hydrogen (secondary N) is 1. The minimum atomic E-state index is -0.386. The largest absolute Gasteiger partial charge is 0.323 e. The number of aromatic nitrogens is 2. The molecular formula is C23H24N4O2. The molecule has 148 valence electrons. The van der Waals surface area contributed by atoms with Gasteiger partial charge < -0.3 is 10.2 Å². The van der Waals surface area contributed by atoms with Crippen molar-refractivity contribution >= 4 is 23.2 Å². The first-order valence-corrected chi connectivity index (χ1v) is 9.73. The number of hydrogen-bond acceptors (Lipinski definition) is 3. The first kappa shape index (κ1) is 18.9. The third-order valence-corrected chi connectivity index (χ3v) is 5.38. The molecule has 1 aliphatic rings. The summed E-state index contributed by atoms with van der Waals surface area (Å²) in [7, 11) is 0. The highest BCUT2D eigenvalue weighted by Crippen LogP contribution is 2.28. The Labute approximate surface area is 170 Å². The lowest BCUT2D eigenvalue weighted by molar-refractivity contribution is -0.122. The second kappa shape index (κ2) is 7.54. The summed E-state index contributed by atoms with van der Waals surface area (Å²) < 4.78 is 1.82. The molecule has 1 aromatic heterocycles. The average Bonchev–Trinajstić information content (AvgIpc) is 3.24. The summed E-state index contributed by atoms with van der Waals surface area (Å²) in [6.07, 6.45) is 0.213. The van der Waals surface area contributed by atoms with Gasteiger partial charge >= 0.3 is 0 Å². The molecular weight excluding hydrogens is 364 g/mol. The third kappa shape index (κ3) is 3.66. The maximum atomic E-state index is 12.9. The van der Waals surface area contributed by atoms with Gasteiger partial charge in [0.1, 0.15) is 0 Å². The van der Waals surface area contributed by atoms with Gasteiger partial charge in [0.25, 0.3) is 0 Å². The van der Waals surface area contributed by atoms with Gasteiger partial charge in [-0.25, -0.2) is 4.68 Å². The van der Waals surface area contributed by atoms with Crippen LogP contribution in [0.2, 0.25) is 0 Å². The fourth-order valence-electron chi connectivity index (χ4n) is 3.73. The van der Waals surface area contributed by atoms with Crippen molar-refractivity contribution in [1.82, 2.24) is 9.78 Å². The predicted octanol–water partition coefficient (Wildman–Crippen LogP) is 3.79. The second-order valence-corrected chi connectivity index (χ2v) is 7.52. The second-order valence-electron chi connectivity index (χ2n) is 7.52. The van der Waals surface area contributed by atoms with Crippen LogP contribution in [-0.4, -0.2) is 28.1 Å². The SMILES string of the molecule is Cc1ccc(N2CC(C(=O)Nc3c(C)nn(-c4ccccc4)c3C)CC2=O)cc1. The van der Waals surface area contributed by atoms with Gasteiger partial charge in [0.05, 0.1) is 28.7 Å². The summed E-state index contributed by atoms with van der Waals surface area (Å²) in [5.41, 5.74) is 5.23.